The molecule has 0 aliphatic rings. The number of methoxy groups -OCH3 is 3. The number of rotatable bonds is 3. The van der Waals surface area contributed by atoms with Gasteiger partial charge in [-0.1, -0.05) is 0 Å². The summed E-state index contributed by atoms with van der Waals surface area (Å²) in [6, 6.07) is 3.64. The number of hydrogen-bond donors (Lipinski definition) is 0. The van der Waals surface area contributed by atoms with Crippen molar-refractivity contribution in [2.24, 2.45) is 7.05 Å². The van der Waals surface area contributed by atoms with Crippen LogP contribution in [0.15, 0.2) is 12.1 Å². The summed E-state index contributed by atoms with van der Waals surface area (Å²) in [4.78, 5) is 0. The van der Waals surface area contributed by atoms with Crippen molar-refractivity contribution in [3.8, 4) is 17.4 Å². The molecule has 0 saturated carbocycles. The lowest BCUT2D eigenvalue weighted by atomic mass is 10.1. The number of ether oxygens (including phenoxy) is 3. The van der Waals surface area contributed by atoms with Crippen LogP contribution in [0.3, 0.4) is 0 Å². The van der Waals surface area contributed by atoms with Gasteiger partial charge in [0, 0.05) is 18.5 Å². The summed E-state index contributed by atoms with van der Waals surface area (Å²) in [6.07, 6.45) is 0. The predicted molar refractivity (Wildman–Crippen MR) is 73.5 cm³/mol. The first kappa shape index (κ1) is 12.5. The molecule has 7 nitrogen and oxygen atoms in total. The molecule has 0 spiro atoms. The summed E-state index contributed by atoms with van der Waals surface area (Å²) < 4.78 is 17.6. The molecule has 0 radical (unpaired) electrons. The molecule has 3 aromatic rings. The fraction of sp³-hybridized carbons (Fsp3) is 0.308. The van der Waals surface area contributed by atoms with Crippen LogP contribution in [0.1, 0.15) is 0 Å². The highest BCUT2D eigenvalue weighted by Crippen LogP contribution is 2.36. The van der Waals surface area contributed by atoms with Gasteiger partial charge in [0.05, 0.1) is 26.7 Å². The van der Waals surface area contributed by atoms with Crippen molar-refractivity contribution in [1.82, 2.24) is 20.0 Å². The highest BCUT2D eigenvalue weighted by Gasteiger charge is 2.18. The number of fused-ring (bicyclic) bond motifs is 3. The smallest absolute Gasteiger partial charge is 0.242 e. The number of benzene rings is 1. The van der Waals surface area contributed by atoms with Crippen LogP contribution in [0.5, 0.6) is 17.4 Å². The van der Waals surface area contributed by atoms with Gasteiger partial charge in [-0.05, 0) is 6.07 Å². The van der Waals surface area contributed by atoms with Gasteiger partial charge in [-0.3, -0.25) is 0 Å². The molecule has 1 aromatic carbocycles. The number of hydrogen-bond acceptors (Lipinski definition) is 6. The second-order valence-electron chi connectivity index (χ2n) is 4.26. The van der Waals surface area contributed by atoms with E-state index in [1.165, 1.54) is 0 Å². The lowest BCUT2D eigenvalue weighted by Gasteiger charge is -2.08. The monoisotopic (exact) mass is 274 g/mol. The molecule has 7 heteroatoms. The minimum absolute atomic E-state index is 0.498. The number of aromatic nitrogens is 4. The summed E-state index contributed by atoms with van der Waals surface area (Å²) in [5.41, 5.74) is 1.29. The SMILES string of the molecule is COc1cc(OC)c2nnc3c(c(OC)nn3C)c2c1. The van der Waals surface area contributed by atoms with Gasteiger partial charge in [-0.25, -0.2) is 4.68 Å². The van der Waals surface area contributed by atoms with E-state index in [0.29, 0.717) is 28.5 Å². The molecule has 104 valence electrons. The third-order valence-electron chi connectivity index (χ3n) is 3.20. The van der Waals surface area contributed by atoms with Crippen LogP contribution in [-0.4, -0.2) is 41.3 Å². The highest BCUT2D eigenvalue weighted by atomic mass is 16.5. The maximum absolute atomic E-state index is 5.35. The van der Waals surface area contributed by atoms with Gasteiger partial charge >= 0.3 is 0 Å². The molecule has 20 heavy (non-hydrogen) atoms. The Morgan fingerprint density at radius 2 is 1.80 bits per heavy atom. The second kappa shape index (κ2) is 4.52. The summed E-state index contributed by atoms with van der Waals surface area (Å²) in [5.74, 6) is 1.77. The van der Waals surface area contributed by atoms with Gasteiger partial charge in [0.15, 0.2) is 11.4 Å². The van der Waals surface area contributed by atoms with E-state index in [2.05, 4.69) is 15.3 Å². The van der Waals surface area contributed by atoms with E-state index in [4.69, 9.17) is 14.2 Å². The molecule has 0 saturated heterocycles. The molecule has 0 fully saturated rings. The van der Waals surface area contributed by atoms with E-state index >= 15 is 0 Å². The van der Waals surface area contributed by atoms with Crippen molar-refractivity contribution in [3.05, 3.63) is 12.1 Å². The normalized spacial score (nSPS) is 11.0. The van der Waals surface area contributed by atoms with Gasteiger partial charge < -0.3 is 14.2 Å². The minimum atomic E-state index is 0.498. The average molecular weight is 274 g/mol. The quantitative estimate of drug-likeness (QED) is 0.721. The Bertz CT molecular complexity index is 797. The Labute approximate surface area is 115 Å². The molecule has 0 aliphatic carbocycles. The molecule has 0 unspecified atom stereocenters. The van der Waals surface area contributed by atoms with Crippen molar-refractivity contribution < 1.29 is 14.2 Å². The zero-order valence-corrected chi connectivity index (χ0v) is 11.7. The van der Waals surface area contributed by atoms with Crippen molar-refractivity contribution >= 4 is 21.9 Å². The van der Waals surface area contributed by atoms with Crippen LogP contribution in [-0.2, 0) is 7.05 Å². The van der Waals surface area contributed by atoms with Crippen molar-refractivity contribution in [1.29, 1.82) is 0 Å². The van der Waals surface area contributed by atoms with Crippen LogP contribution < -0.4 is 14.2 Å². The molecule has 0 atom stereocenters. The average Bonchev–Trinajstić information content (AvgIpc) is 2.82. The molecular weight excluding hydrogens is 260 g/mol. The minimum Gasteiger partial charge on any atom is -0.497 e. The van der Waals surface area contributed by atoms with E-state index in [1.807, 2.05) is 6.07 Å². The zero-order chi connectivity index (χ0) is 14.3. The molecule has 2 heterocycles. The Hall–Kier alpha value is -2.57. The molecular formula is C13H14N4O3. The third-order valence-corrected chi connectivity index (χ3v) is 3.20. The van der Waals surface area contributed by atoms with Crippen LogP contribution in [0.4, 0.5) is 0 Å². The fourth-order valence-electron chi connectivity index (χ4n) is 2.23. The maximum Gasteiger partial charge on any atom is 0.242 e. The van der Waals surface area contributed by atoms with Crippen LogP contribution in [0.25, 0.3) is 21.9 Å². The lowest BCUT2D eigenvalue weighted by molar-refractivity contribution is 0.395. The molecule has 3 rings (SSSR count). The first-order chi connectivity index (χ1) is 9.69. The van der Waals surface area contributed by atoms with Crippen molar-refractivity contribution in [2.45, 2.75) is 0 Å². The highest BCUT2D eigenvalue weighted by molar-refractivity contribution is 6.08. The zero-order valence-electron chi connectivity index (χ0n) is 11.7. The molecule has 2 aromatic heterocycles. The Balaban J connectivity index is 2.51. The van der Waals surface area contributed by atoms with Gasteiger partial charge in [-0.15, -0.1) is 15.3 Å². The Morgan fingerprint density at radius 3 is 2.45 bits per heavy atom. The first-order valence-corrected chi connectivity index (χ1v) is 5.98. The van der Waals surface area contributed by atoms with Crippen molar-refractivity contribution in [3.63, 3.8) is 0 Å². The van der Waals surface area contributed by atoms with E-state index in [-0.39, 0.29) is 0 Å². The largest absolute Gasteiger partial charge is 0.497 e. The molecule has 0 N–H and O–H groups in total. The first-order valence-electron chi connectivity index (χ1n) is 5.98. The van der Waals surface area contributed by atoms with Crippen LogP contribution in [0.2, 0.25) is 0 Å². The van der Waals surface area contributed by atoms with E-state index in [1.54, 1.807) is 39.1 Å². The van der Waals surface area contributed by atoms with Gasteiger partial charge in [0.1, 0.15) is 11.3 Å². The summed E-state index contributed by atoms with van der Waals surface area (Å²) >= 11 is 0. The van der Waals surface area contributed by atoms with Gasteiger partial charge in [0.25, 0.3) is 0 Å². The van der Waals surface area contributed by atoms with Crippen LogP contribution >= 0.6 is 0 Å². The summed E-state index contributed by atoms with van der Waals surface area (Å²) in [7, 11) is 6.56. The third kappa shape index (κ3) is 1.63. The Kier molecular flexibility index (Phi) is 2.81. The predicted octanol–water partition coefficient (Wildman–Crippen LogP) is 1.54. The van der Waals surface area contributed by atoms with E-state index in [0.717, 1.165) is 10.8 Å². The van der Waals surface area contributed by atoms with E-state index in [9.17, 15) is 0 Å². The maximum atomic E-state index is 5.35. The van der Waals surface area contributed by atoms with Crippen molar-refractivity contribution in [2.75, 3.05) is 21.3 Å². The Morgan fingerprint density at radius 1 is 1.00 bits per heavy atom. The molecule has 0 bridgehead atoms. The molecule has 0 aliphatic heterocycles. The van der Waals surface area contributed by atoms with Gasteiger partial charge in [-0.2, -0.15) is 0 Å². The number of aryl methyl sites for hydroxylation is 1. The van der Waals surface area contributed by atoms with Gasteiger partial charge in [0.2, 0.25) is 5.88 Å². The fourth-order valence-corrected chi connectivity index (χ4v) is 2.23. The summed E-state index contributed by atoms with van der Waals surface area (Å²) in [5, 5.41) is 14.3. The van der Waals surface area contributed by atoms with E-state index < -0.39 is 0 Å². The van der Waals surface area contributed by atoms with Crippen LogP contribution in [0, 0.1) is 0 Å². The standard InChI is InChI=1S/C13H14N4O3/c1-17-12-10(13(16-17)20-4)8-5-7(18-2)6-9(19-3)11(8)14-15-12/h5-6H,1-4H3. The molecule has 0 amide bonds. The second-order valence-corrected chi connectivity index (χ2v) is 4.26. The summed E-state index contributed by atoms with van der Waals surface area (Å²) in [6.45, 7) is 0. The number of nitrogens with zero attached hydrogens (tertiary/aromatic N) is 4. The lowest BCUT2D eigenvalue weighted by Crippen LogP contribution is -1.96. The topological polar surface area (TPSA) is 71.3 Å².